The van der Waals surface area contributed by atoms with Crippen molar-refractivity contribution < 1.29 is 75.8 Å². The summed E-state index contributed by atoms with van der Waals surface area (Å²) in [6.45, 7) is 7.59. The molecule has 2 heterocycles. The molecule has 29 heteroatoms. The minimum absolute atomic E-state index is 0.000839. The molecule has 0 aromatic heterocycles. The zero-order chi connectivity index (χ0) is 75.3. The third-order valence-electron chi connectivity index (χ3n) is 21.0. The number of amides is 12. The second-order valence-corrected chi connectivity index (χ2v) is 29.6. The predicted octanol–water partition coefficient (Wildman–Crippen LogP) is 5.50. The van der Waals surface area contributed by atoms with E-state index in [9.17, 15) is 71.0 Å². The number of likely N-dealkylation sites (N-methyl/N-ethyl adjacent to an activating group) is 8. The van der Waals surface area contributed by atoms with Crippen molar-refractivity contribution in [3.63, 3.8) is 0 Å². The van der Waals surface area contributed by atoms with Gasteiger partial charge in [-0.1, -0.05) is 103 Å². The van der Waals surface area contributed by atoms with E-state index in [0.717, 1.165) is 89.5 Å². The Labute approximate surface area is 600 Å². The van der Waals surface area contributed by atoms with Crippen LogP contribution in [0.3, 0.4) is 0 Å². The number of carbonyl (C=O) groups is 12. The molecule has 2 aliphatic heterocycles. The number of aliphatic hydroxyl groups excluding tert-OH is 1. The van der Waals surface area contributed by atoms with E-state index >= 15 is 4.79 Å². The van der Waals surface area contributed by atoms with E-state index in [1.165, 1.54) is 89.0 Å². The zero-order valence-corrected chi connectivity index (χ0v) is 62.6. The first-order chi connectivity index (χ1) is 47.5. The highest BCUT2D eigenvalue weighted by molar-refractivity contribution is 6.31. The minimum Gasteiger partial charge on any atom is -0.391 e. The van der Waals surface area contributed by atoms with Crippen LogP contribution in [-0.2, 0) is 70.1 Å². The molecule has 4 N–H and O–H groups in total. The Bertz CT molecular complexity index is 3030. The van der Waals surface area contributed by atoms with Crippen LogP contribution in [0.1, 0.15) is 181 Å². The van der Waals surface area contributed by atoms with Gasteiger partial charge >= 0.3 is 6.18 Å². The molecule has 4 fully saturated rings. The number of carbonyl (C=O) groups excluding carboxylic acids is 12. The van der Waals surface area contributed by atoms with E-state index in [1.54, 1.807) is 11.8 Å². The number of nitrogens with one attached hydrogen (secondary N) is 3. The molecule has 0 bridgehead atoms. The molecule has 2 aliphatic carbocycles. The normalized spacial score (nSPS) is 25.8. The van der Waals surface area contributed by atoms with Crippen LogP contribution in [0.15, 0.2) is 18.2 Å². The summed E-state index contributed by atoms with van der Waals surface area (Å²) in [6, 6.07) is -5.96. The lowest BCUT2D eigenvalue weighted by Gasteiger charge is -2.41. The average molecular weight is 1450 g/mol. The number of rotatable bonds is 12. The molecule has 2 saturated heterocycles. The molecule has 12 amide bonds. The topological polar surface area (TPSA) is 290 Å². The van der Waals surface area contributed by atoms with Gasteiger partial charge < -0.3 is 65.2 Å². The zero-order valence-electron chi connectivity index (χ0n) is 61.8. The SMILES string of the molecule is CC[C@H](C)[C@@H]1NC(=O)[C@H](CC(C)C)N(C)C(=O)C[C@@H](C(=O)N2CCCCC2)N(C)C(=O)[C@H](C2CCCCC2)N(C)C(=O)CCCCNC(=O)[C@H]([C@@H](C)O)N(C)C(=O)[C@H](CCc2ccc(C(F)(F)F)c(Cl)c2)NC(=O)CN(C)C(=O)[C@H](CC2CCCCC2)N(C)C(=O)CN(C)C(=O)CN(C)C1=O. The van der Waals surface area contributed by atoms with Crippen molar-refractivity contribution in [1.29, 1.82) is 0 Å². The third-order valence-corrected chi connectivity index (χ3v) is 21.3. The van der Waals surface area contributed by atoms with E-state index in [-0.39, 0.29) is 74.8 Å². The summed E-state index contributed by atoms with van der Waals surface area (Å²) in [4.78, 5) is 186. The van der Waals surface area contributed by atoms with Crippen molar-refractivity contribution >= 4 is 82.5 Å². The molecule has 2 saturated carbocycles. The monoisotopic (exact) mass is 1450 g/mol. The standard InChI is InChI=1S/C72H114ClF3N12O13/c1-14-46(4)62-70(100)82(8)43-60(93)80(6)44-61(94)84(10)55(40-48-26-18-15-19-27-48)68(98)81(7)42-57(90)78-53(34-32-49-31-33-51(52(73)39-49)72(74,75)76)67(97)87(13)63(47(5)89)66(96)77-35-23-22-30-58(91)86(12)64(50-28-20-16-21-29-50)71(101)85(11)56(69(99)88-36-24-17-25-37-88)41-59(92)83(9)54(38-45(2)3)65(95)79-62/h31,33,39,45-48,50,53-56,62-64,89H,14-30,32,34-38,40-44H2,1-13H3,(H,77,96)(H,78,90)(H,79,95)/t46-,47+,53-,54-,55-,56-,62-,63-,64-/m0/s1. The van der Waals surface area contributed by atoms with E-state index in [1.807, 2.05) is 20.8 Å². The number of aryl methyl sites for hydroxylation is 1. The van der Waals surface area contributed by atoms with Crippen molar-refractivity contribution in [1.82, 2.24) is 60.0 Å². The van der Waals surface area contributed by atoms with Crippen LogP contribution in [0.25, 0.3) is 0 Å². The fraction of sp³-hybridized carbons (Fsp3) is 0.750. The first-order valence-corrected chi connectivity index (χ1v) is 36.6. The van der Waals surface area contributed by atoms with Crippen molar-refractivity contribution in [2.45, 2.75) is 230 Å². The number of nitrogens with zero attached hydrogens (tertiary/aromatic N) is 9. The second kappa shape index (κ2) is 39.5. The van der Waals surface area contributed by atoms with E-state index in [0.29, 0.717) is 45.2 Å². The molecule has 0 radical (unpaired) electrons. The fourth-order valence-electron chi connectivity index (χ4n) is 14.3. The molecular formula is C72H114ClF3N12O13. The van der Waals surface area contributed by atoms with Gasteiger partial charge in [0.15, 0.2) is 0 Å². The summed E-state index contributed by atoms with van der Waals surface area (Å²) >= 11 is 6.09. The van der Waals surface area contributed by atoms with Gasteiger partial charge in [-0.25, -0.2) is 0 Å². The van der Waals surface area contributed by atoms with Gasteiger partial charge in [-0.05, 0) is 119 Å². The van der Waals surface area contributed by atoms with Crippen molar-refractivity contribution in [2.75, 3.05) is 95.6 Å². The molecule has 5 rings (SSSR count). The van der Waals surface area contributed by atoms with Crippen molar-refractivity contribution in [3.05, 3.63) is 34.3 Å². The van der Waals surface area contributed by atoms with Crippen LogP contribution in [0, 0.1) is 23.7 Å². The molecule has 1 aromatic rings. The van der Waals surface area contributed by atoms with E-state index in [4.69, 9.17) is 11.6 Å². The second-order valence-electron chi connectivity index (χ2n) is 29.2. The maximum atomic E-state index is 15.3. The van der Waals surface area contributed by atoms with E-state index in [2.05, 4.69) is 16.0 Å². The lowest BCUT2D eigenvalue weighted by atomic mass is 9.82. The molecule has 0 spiro atoms. The highest BCUT2D eigenvalue weighted by atomic mass is 35.5. The molecule has 568 valence electrons. The van der Waals surface area contributed by atoms with Gasteiger partial charge in [-0.3, -0.25) is 57.5 Å². The number of alkyl halides is 3. The average Bonchev–Trinajstić information content (AvgIpc) is 0.816. The van der Waals surface area contributed by atoms with Crippen LogP contribution in [0.5, 0.6) is 0 Å². The Morgan fingerprint density at radius 2 is 1.20 bits per heavy atom. The van der Waals surface area contributed by atoms with Gasteiger partial charge in [0.25, 0.3) is 0 Å². The van der Waals surface area contributed by atoms with Crippen LogP contribution < -0.4 is 16.0 Å². The number of hydrogen-bond acceptors (Lipinski definition) is 13. The maximum absolute atomic E-state index is 15.3. The summed E-state index contributed by atoms with van der Waals surface area (Å²) in [6.07, 6.45) is 4.13. The van der Waals surface area contributed by atoms with Crippen LogP contribution in [0.4, 0.5) is 13.2 Å². The number of aliphatic hydroxyl groups is 1. The summed E-state index contributed by atoms with van der Waals surface area (Å²) < 4.78 is 41.3. The first-order valence-electron chi connectivity index (χ1n) is 36.2. The maximum Gasteiger partial charge on any atom is 0.417 e. The molecule has 25 nitrogen and oxygen atoms in total. The molecule has 9 atom stereocenters. The van der Waals surface area contributed by atoms with Crippen LogP contribution in [-0.4, -0.2) is 264 Å². The van der Waals surface area contributed by atoms with Gasteiger partial charge in [0.1, 0.15) is 42.3 Å². The number of benzene rings is 1. The van der Waals surface area contributed by atoms with Crippen molar-refractivity contribution in [3.8, 4) is 0 Å². The smallest absolute Gasteiger partial charge is 0.391 e. The number of hydrogen-bond donors (Lipinski definition) is 4. The van der Waals surface area contributed by atoms with Gasteiger partial charge in [-0.2, -0.15) is 13.2 Å². The quantitative estimate of drug-likeness (QED) is 0.201. The Kier molecular flexibility index (Phi) is 33.1. The van der Waals surface area contributed by atoms with Gasteiger partial charge in [0.05, 0.1) is 42.7 Å². The highest BCUT2D eigenvalue weighted by Gasteiger charge is 2.45. The summed E-state index contributed by atoms with van der Waals surface area (Å²) in [5.41, 5.74) is -0.833. The van der Waals surface area contributed by atoms with E-state index < -0.39 is 168 Å². The van der Waals surface area contributed by atoms with Crippen LogP contribution in [0.2, 0.25) is 5.02 Å². The van der Waals surface area contributed by atoms with Gasteiger partial charge in [-0.15, -0.1) is 0 Å². The molecule has 0 unspecified atom stereocenters. The Morgan fingerprint density at radius 3 is 1.78 bits per heavy atom. The Hall–Kier alpha value is -7.10. The number of halogens is 4. The first kappa shape index (κ1) is 84.6. The lowest BCUT2D eigenvalue weighted by Crippen LogP contribution is -2.60. The summed E-state index contributed by atoms with van der Waals surface area (Å²) in [7, 11) is 11.2. The Balaban J connectivity index is 1.55. The highest BCUT2D eigenvalue weighted by Crippen LogP contribution is 2.36. The van der Waals surface area contributed by atoms with Crippen molar-refractivity contribution in [2.24, 2.45) is 23.7 Å². The fourth-order valence-corrected chi connectivity index (χ4v) is 14.7. The minimum atomic E-state index is -4.77. The number of piperidine rings is 1. The molecule has 4 aliphatic rings. The number of likely N-dealkylation sites (tertiary alicyclic amines) is 1. The third kappa shape index (κ3) is 24.0. The summed E-state index contributed by atoms with van der Waals surface area (Å²) in [5, 5.41) is 18.8. The van der Waals surface area contributed by atoms with Gasteiger partial charge in [0, 0.05) is 82.4 Å². The lowest BCUT2D eigenvalue weighted by molar-refractivity contribution is -0.155. The Morgan fingerprint density at radius 1 is 0.614 bits per heavy atom. The van der Waals surface area contributed by atoms with Crippen LogP contribution >= 0.6 is 11.6 Å². The molecule has 1 aromatic carbocycles. The van der Waals surface area contributed by atoms with Gasteiger partial charge in [0.2, 0.25) is 70.9 Å². The molecule has 101 heavy (non-hydrogen) atoms. The summed E-state index contributed by atoms with van der Waals surface area (Å²) in [5.74, 6) is -8.84. The molecular weight excluding hydrogens is 1330 g/mol. The predicted molar refractivity (Wildman–Crippen MR) is 375 cm³/mol. The largest absolute Gasteiger partial charge is 0.417 e.